The summed E-state index contributed by atoms with van der Waals surface area (Å²) in [4.78, 5) is 32.0. The van der Waals surface area contributed by atoms with E-state index in [0.29, 0.717) is 22.3 Å². The van der Waals surface area contributed by atoms with Gasteiger partial charge in [-0.2, -0.15) is 0 Å². The number of rotatable bonds is 5. The van der Waals surface area contributed by atoms with Gasteiger partial charge in [-0.15, -0.1) is 11.3 Å². The van der Waals surface area contributed by atoms with Gasteiger partial charge >= 0.3 is 6.03 Å². The number of ether oxygens (including phenoxy) is 1. The predicted molar refractivity (Wildman–Crippen MR) is 116 cm³/mol. The van der Waals surface area contributed by atoms with Crippen molar-refractivity contribution in [3.63, 3.8) is 0 Å². The second-order valence-electron chi connectivity index (χ2n) is 6.16. The second-order valence-corrected chi connectivity index (χ2v) is 7.25. The predicted octanol–water partition coefficient (Wildman–Crippen LogP) is 4.49. The summed E-state index contributed by atoms with van der Waals surface area (Å²) in [6.07, 6.45) is 3.13. The van der Waals surface area contributed by atoms with E-state index in [1.54, 1.807) is 43.6 Å². The van der Waals surface area contributed by atoms with E-state index in [9.17, 15) is 9.59 Å². The molecule has 3 N–H and O–H groups in total. The summed E-state index contributed by atoms with van der Waals surface area (Å²) in [5.74, 6) is 1.31. The number of hydrogen-bond donors (Lipinski definition) is 3. The lowest BCUT2D eigenvalue weighted by molar-refractivity contribution is 0.0958. The highest BCUT2D eigenvalue weighted by atomic mass is 32.1. The number of carbonyl (C=O) groups excluding carboxylic acids is 2. The van der Waals surface area contributed by atoms with Crippen LogP contribution in [0.25, 0.3) is 10.1 Å². The molecule has 30 heavy (non-hydrogen) atoms. The Hall–Kier alpha value is -3.98. The van der Waals surface area contributed by atoms with E-state index < -0.39 is 0 Å². The molecule has 0 radical (unpaired) electrons. The van der Waals surface area contributed by atoms with Crippen molar-refractivity contribution in [2.45, 2.75) is 0 Å². The van der Waals surface area contributed by atoms with Crippen molar-refractivity contribution in [1.82, 2.24) is 15.3 Å². The number of nitrogens with zero attached hydrogens (tertiary/aromatic N) is 2. The Morgan fingerprint density at radius 2 is 1.80 bits per heavy atom. The maximum atomic E-state index is 12.2. The number of pyridine rings is 2. The van der Waals surface area contributed by atoms with Gasteiger partial charge in [0.05, 0.1) is 5.00 Å². The Balaban J connectivity index is 1.47. The molecule has 0 saturated heterocycles. The molecule has 0 aliphatic rings. The molecule has 3 amide bonds. The molecule has 0 spiro atoms. The molecule has 9 heteroatoms. The zero-order valence-corrected chi connectivity index (χ0v) is 16.7. The van der Waals surface area contributed by atoms with Crippen LogP contribution >= 0.6 is 11.3 Å². The minimum atomic E-state index is -0.366. The van der Waals surface area contributed by atoms with Gasteiger partial charge in [-0.3, -0.25) is 20.4 Å². The van der Waals surface area contributed by atoms with Crippen LogP contribution in [0.5, 0.6) is 11.5 Å². The maximum Gasteiger partial charge on any atom is 0.325 e. The van der Waals surface area contributed by atoms with Gasteiger partial charge in [0.2, 0.25) is 0 Å². The van der Waals surface area contributed by atoms with Crippen molar-refractivity contribution in [3.8, 4) is 11.5 Å². The second kappa shape index (κ2) is 8.58. The molecule has 3 heterocycles. The van der Waals surface area contributed by atoms with Gasteiger partial charge in [-0.1, -0.05) is 6.07 Å². The average Bonchev–Trinajstić information content (AvgIpc) is 3.15. The van der Waals surface area contributed by atoms with Gasteiger partial charge in [0.25, 0.3) is 5.91 Å². The quantitative estimate of drug-likeness (QED) is 0.442. The number of amides is 3. The number of urea groups is 1. The summed E-state index contributed by atoms with van der Waals surface area (Å²) in [6, 6.07) is 15.7. The highest BCUT2D eigenvalue weighted by Crippen LogP contribution is 2.34. The molecule has 0 bridgehead atoms. The highest BCUT2D eigenvalue weighted by Gasteiger charge is 2.10. The largest absolute Gasteiger partial charge is 0.457 e. The molecule has 3 aromatic heterocycles. The van der Waals surface area contributed by atoms with Crippen LogP contribution in [-0.2, 0) is 0 Å². The van der Waals surface area contributed by atoms with Crippen molar-refractivity contribution in [2.24, 2.45) is 0 Å². The SMILES string of the molecule is CNC(=O)c1cc(Oc2ccc3cc(NC(=O)Nc4ccccn4)sc3c2)ccn1. The monoisotopic (exact) mass is 419 g/mol. The molecule has 0 saturated carbocycles. The summed E-state index contributed by atoms with van der Waals surface area (Å²) >= 11 is 1.42. The van der Waals surface area contributed by atoms with Crippen LogP contribution in [0.4, 0.5) is 15.6 Å². The standard InChI is InChI=1S/C21H17N5O3S/c1-22-20(27)16-11-15(7-9-23-16)29-14-6-5-13-10-19(30-17(13)12-14)26-21(28)25-18-4-2-3-8-24-18/h2-12H,1H3,(H,22,27)(H2,24,25,26,28). The zero-order valence-electron chi connectivity index (χ0n) is 15.9. The molecular formula is C21H17N5O3S. The van der Waals surface area contributed by atoms with Gasteiger partial charge < -0.3 is 10.1 Å². The van der Waals surface area contributed by atoms with Crippen LogP contribution in [0.2, 0.25) is 0 Å². The number of thiophene rings is 1. The molecule has 0 aliphatic heterocycles. The van der Waals surface area contributed by atoms with E-state index in [1.807, 2.05) is 24.3 Å². The van der Waals surface area contributed by atoms with Gasteiger partial charge in [-0.25, -0.2) is 9.78 Å². The molecular weight excluding hydrogens is 402 g/mol. The topological polar surface area (TPSA) is 105 Å². The number of fused-ring (bicyclic) bond motifs is 1. The number of anilines is 2. The van der Waals surface area contributed by atoms with Crippen molar-refractivity contribution in [1.29, 1.82) is 0 Å². The summed E-state index contributed by atoms with van der Waals surface area (Å²) in [7, 11) is 1.55. The number of carbonyl (C=O) groups is 2. The van der Waals surface area contributed by atoms with Gasteiger partial charge in [0, 0.05) is 30.2 Å². The average molecular weight is 419 g/mol. The molecule has 0 fully saturated rings. The van der Waals surface area contributed by atoms with Crippen LogP contribution < -0.4 is 20.7 Å². The Labute approximate surface area is 175 Å². The lowest BCUT2D eigenvalue weighted by Gasteiger charge is -2.06. The Morgan fingerprint density at radius 1 is 0.933 bits per heavy atom. The van der Waals surface area contributed by atoms with E-state index in [4.69, 9.17) is 4.74 Å². The minimum Gasteiger partial charge on any atom is -0.457 e. The first-order chi connectivity index (χ1) is 14.6. The fourth-order valence-electron chi connectivity index (χ4n) is 2.70. The van der Waals surface area contributed by atoms with E-state index in [0.717, 1.165) is 10.1 Å². The van der Waals surface area contributed by atoms with Gasteiger partial charge in [0.15, 0.2) is 0 Å². The normalized spacial score (nSPS) is 10.4. The molecule has 0 aliphatic carbocycles. The van der Waals surface area contributed by atoms with E-state index >= 15 is 0 Å². The van der Waals surface area contributed by atoms with Gasteiger partial charge in [-0.05, 0) is 47.9 Å². The van der Waals surface area contributed by atoms with Crippen molar-refractivity contribution in [2.75, 3.05) is 17.7 Å². The number of nitrogens with one attached hydrogen (secondary N) is 3. The first kappa shape index (κ1) is 19.3. The smallest absolute Gasteiger partial charge is 0.325 e. The minimum absolute atomic E-state index is 0.276. The zero-order chi connectivity index (χ0) is 20.9. The fourth-order valence-corrected chi connectivity index (χ4v) is 3.68. The third-order valence-electron chi connectivity index (χ3n) is 4.06. The van der Waals surface area contributed by atoms with Crippen molar-refractivity contribution >= 4 is 44.2 Å². The summed E-state index contributed by atoms with van der Waals surface area (Å²) in [6.45, 7) is 0. The first-order valence-electron chi connectivity index (χ1n) is 8.99. The van der Waals surface area contributed by atoms with E-state index in [1.165, 1.54) is 17.5 Å². The van der Waals surface area contributed by atoms with Gasteiger partial charge in [0.1, 0.15) is 23.0 Å². The number of hydrogen-bond acceptors (Lipinski definition) is 6. The molecule has 1 aromatic carbocycles. The van der Waals surface area contributed by atoms with Crippen LogP contribution in [0.15, 0.2) is 67.0 Å². The molecule has 150 valence electrons. The summed E-state index contributed by atoms with van der Waals surface area (Å²) in [5.41, 5.74) is 0.276. The van der Waals surface area contributed by atoms with Crippen molar-refractivity contribution < 1.29 is 14.3 Å². The highest BCUT2D eigenvalue weighted by molar-refractivity contribution is 7.23. The van der Waals surface area contributed by atoms with Crippen LogP contribution in [0, 0.1) is 0 Å². The summed E-state index contributed by atoms with van der Waals surface area (Å²) in [5, 5.41) is 9.69. The first-order valence-corrected chi connectivity index (χ1v) is 9.81. The van der Waals surface area contributed by atoms with Crippen LogP contribution in [0.1, 0.15) is 10.5 Å². The lowest BCUT2D eigenvalue weighted by atomic mass is 10.2. The third-order valence-corrected chi connectivity index (χ3v) is 5.07. The van der Waals surface area contributed by atoms with E-state index in [2.05, 4.69) is 25.9 Å². The molecule has 4 aromatic rings. The van der Waals surface area contributed by atoms with E-state index in [-0.39, 0.29) is 17.6 Å². The summed E-state index contributed by atoms with van der Waals surface area (Å²) < 4.78 is 6.82. The number of aromatic nitrogens is 2. The molecule has 0 unspecified atom stereocenters. The Bertz CT molecular complexity index is 1210. The third kappa shape index (κ3) is 4.53. The Kier molecular flexibility index (Phi) is 5.53. The molecule has 4 rings (SSSR count). The molecule has 0 atom stereocenters. The van der Waals surface area contributed by atoms with Crippen molar-refractivity contribution in [3.05, 3.63) is 72.7 Å². The lowest BCUT2D eigenvalue weighted by Crippen LogP contribution is -2.19. The fraction of sp³-hybridized carbons (Fsp3) is 0.0476. The number of benzene rings is 1. The van der Waals surface area contributed by atoms with Crippen LogP contribution in [0.3, 0.4) is 0 Å². The Morgan fingerprint density at radius 3 is 2.60 bits per heavy atom. The molecule has 8 nitrogen and oxygen atoms in total. The maximum absolute atomic E-state index is 12.2. The van der Waals surface area contributed by atoms with Crippen LogP contribution in [-0.4, -0.2) is 29.0 Å².